The van der Waals surface area contributed by atoms with Gasteiger partial charge in [0.15, 0.2) is 0 Å². The molecule has 3 rings (SSSR count). The normalized spacial score (nSPS) is 33.1. The molecule has 2 atom stereocenters. The van der Waals surface area contributed by atoms with Crippen molar-refractivity contribution in [2.45, 2.75) is 30.7 Å². The Kier molecular flexibility index (Phi) is 1.49. The Balaban J connectivity index is 2.13. The van der Waals surface area contributed by atoms with Crippen LogP contribution in [-0.2, 0) is 11.8 Å². The summed E-state index contributed by atoms with van der Waals surface area (Å²) in [4.78, 5) is 0. The molecule has 0 amide bonds. The zero-order valence-electron chi connectivity index (χ0n) is 8.42. The van der Waals surface area contributed by atoms with Crippen LogP contribution in [0.15, 0.2) is 18.2 Å². The highest BCUT2D eigenvalue weighted by atomic mass is 16.5. The molecule has 1 aromatic rings. The number of hydrogen-bond donors (Lipinski definition) is 1. The first-order valence-electron chi connectivity index (χ1n) is 5.20. The van der Waals surface area contributed by atoms with Gasteiger partial charge in [-0.05, 0) is 36.5 Å². The molecule has 1 aromatic carbocycles. The summed E-state index contributed by atoms with van der Waals surface area (Å²) in [6, 6.07) is 6.73. The quantitative estimate of drug-likeness (QED) is 0.728. The van der Waals surface area contributed by atoms with Gasteiger partial charge < -0.3 is 10.5 Å². The second-order valence-electron chi connectivity index (χ2n) is 4.45. The van der Waals surface area contributed by atoms with Gasteiger partial charge in [0.2, 0.25) is 0 Å². The van der Waals surface area contributed by atoms with Crippen LogP contribution in [0.2, 0.25) is 0 Å². The summed E-state index contributed by atoms with van der Waals surface area (Å²) in [6.07, 6.45) is 3.50. The molecule has 0 heterocycles. The molecule has 74 valence electrons. The Morgan fingerprint density at radius 1 is 1.50 bits per heavy atom. The van der Waals surface area contributed by atoms with E-state index in [4.69, 9.17) is 10.5 Å². The van der Waals surface area contributed by atoms with E-state index in [0.29, 0.717) is 11.5 Å². The van der Waals surface area contributed by atoms with Crippen molar-refractivity contribution < 1.29 is 4.74 Å². The molecule has 1 saturated carbocycles. The molecule has 1 spiro atoms. The van der Waals surface area contributed by atoms with Gasteiger partial charge in [0, 0.05) is 11.5 Å². The number of nitrogens with two attached hydrogens (primary N) is 1. The van der Waals surface area contributed by atoms with Gasteiger partial charge in [0.05, 0.1) is 7.11 Å². The van der Waals surface area contributed by atoms with Gasteiger partial charge >= 0.3 is 0 Å². The minimum atomic E-state index is 0.323. The maximum atomic E-state index is 6.03. The zero-order chi connectivity index (χ0) is 9.76. The van der Waals surface area contributed by atoms with Gasteiger partial charge in [-0.2, -0.15) is 0 Å². The fourth-order valence-corrected chi connectivity index (χ4v) is 2.89. The fourth-order valence-electron chi connectivity index (χ4n) is 2.89. The molecule has 2 N–H and O–H groups in total. The van der Waals surface area contributed by atoms with E-state index in [1.54, 1.807) is 7.11 Å². The topological polar surface area (TPSA) is 35.2 Å². The first-order chi connectivity index (χ1) is 6.78. The average Bonchev–Trinajstić information content (AvgIpc) is 2.69. The summed E-state index contributed by atoms with van der Waals surface area (Å²) >= 11 is 0. The highest BCUT2D eigenvalue weighted by Gasteiger charge is 2.56. The largest absolute Gasteiger partial charge is 0.496 e. The summed E-state index contributed by atoms with van der Waals surface area (Å²) in [6.45, 7) is 0. The Morgan fingerprint density at radius 3 is 2.93 bits per heavy atom. The highest BCUT2D eigenvalue weighted by Crippen LogP contribution is 2.57. The molecule has 2 aliphatic carbocycles. The Hall–Kier alpha value is -1.02. The highest BCUT2D eigenvalue weighted by molar-refractivity contribution is 5.52. The van der Waals surface area contributed by atoms with Crippen LogP contribution in [0, 0.1) is 0 Å². The van der Waals surface area contributed by atoms with Crippen LogP contribution < -0.4 is 10.5 Å². The number of rotatable bonds is 1. The third kappa shape index (κ3) is 0.845. The lowest BCUT2D eigenvalue weighted by atomic mass is 9.97. The van der Waals surface area contributed by atoms with Gasteiger partial charge in [-0.25, -0.2) is 0 Å². The van der Waals surface area contributed by atoms with E-state index in [0.717, 1.165) is 18.6 Å². The monoisotopic (exact) mass is 189 g/mol. The maximum Gasteiger partial charge on any atom is 0.122 e. The molecular weight excluding hydrogens is 174 g/mol. The van der Waals surface area contributed by atoms with Gasteiger partial charge in [-0.1, -0.05) is 12.1 Å². The number of hydrogen-bond acceptors (Lipinski definition) is 2. The van der Waals surface area contributed by atoms with E-state index >= 15 is 0 Å². The van der Waals surface area contributed by atoms with E-state index in [1.807, 2.05) is 6.07 Å². The molecule has 0 aliphatic heterocycles. The molecule has 2 aliphatic rings. The van der Waals surface area contributed by atoms with Crippen molar-refractivity contribution >= 4 is 0 Å². The standard InChI is InChI=1S/C12H15NO/c1-14-10-4-2-3-9-8(10)5-6-12(9)7-11(12)13/h2-4,11H,5-7,13H2,1H3. The minimum absolute atomic E-state index is 0.323. The van der Waals surface area contributed by atoms with Gasteiger partial charge in [0.25, 0.3) is 0 Å². The van der Waals surface area contributed by atoms with Crippen LogP contribution in [-0.4, -0.2) is 13.2 Å². The lowest BCUT2D eigenvalue weighted by Crippen LogP contribution is -2.15. The number of ether oxygens (including phenoxy) is 1. The number of methoxy groups -OCH3 is 1. The Labute approximate surface area is 84.1 Å². The summed E-state index contributed by atoms with van der Waals surface area (Å²) in [5, 5.41) is 0. The Bertz CT molecular complexity index is 388. The van der Waals surface area contributed by atoms with Crippen molar-refractivity contribution in [2.24, 2.45) is 5.73 Å². The third-order valence-electron chi connectivity index (χ3n) is 3.84. The molecule has 0 saturated heterocycles. The first kappa shape index (κ1) is 8.30. The van der Waals surface area contributed by atoms with Gasteiger partial charge in [-0.3, -0.25) is 0 Å². The molecule has 0 aromatic heterocycles. The lowest BCUT2D eigenvalue weighted by Gasteiger charge is -2.10. The van der Waals surface area contributed by atoms with E-state index in [9.17, 15) is 0 Å². The van der Waals surface area contributed by atoms with Crippen LogP contribution in [0.3, 0.4) is 0 Å². The van der Waals surface area contributed by atoms with Crippen molar-refractivity contribution in [3.63, 3.8) is 0 Å². The molecule has 2 nitrogen and oxygen atoms in total. The van der Waals surface area contributed by atoms with Crippen molar-refractivity contribution in [3.8, 4) is 5.75 Å². The third-order valence-corrected chi connectivity index (χ3v) is 3.84. The number of benzene rings is 1. The van der Waals surface area contributed by atoms with E-state index in [-0.39, 0.29) is 0 Å². The first-order valence-corrected chi connectivity index (χ1v) is 5.20. The van der Waals surface area contributed by atoms with Gasteiger partial charge in [-0.15, -0.1) is 0 Å². The fraction of sp³-hybridized carbons (Fsp3) is 0.500. The molecular formula is C12H15NO. The van der Waals surface area contributed by atoms with Crippen LogP contribution in [0.1, 0.15) is 24.0 Å². The SMILES string of the molecule is COc1cccc2c1CCC21CC1N. The van der Waals surface area contributed by atoms with Crippen LogP contribution in [0.5, 0.6) is 5.75 Å². The average molecular weight is 189 g/mol. The molecule has 14 heavy (non-hydrogen) atoms. The summed E-state index contributed by atoms with van der Waals surface area (Å²) in [5.74, 6) is 1.04. The smallest absolute Gasteiger partial charge is 0.122 e. The maximum absolute atomic E-state index is 6.03. The van der Waals surface area contributed by atoms with Crippen molar-refractivity contribution in [2.75, 3.05) is 7.11 Å². The minimum Gasteiger partial charge on any atom is -0.496 e. The van der Waals surface area contributed by atoms with Crippen molar-refractivity contribution in [3.05, 3.63) is 29.3 Å². The van der Waals surface area contributed by atoms with Crippen LogP contribution in [0.25, 0.3) is 0 Å². The van der Waals surface area contributed by atoms with E-state index < -0.39 is 0 Å². The van der Waals surface area contributed by atoms with Crippen molar-refractivity contribution in [1.29, 1.82) is 0 Å². The van der Waals surface area contributed by atoms with E-state index in [2.05, 4.69) is 12.1 Å². The van der Waals surface area contributed by atoms with Crippen LogP contribution in [0.4, 0.5) is 0 Å². The number of fused-ring (bicyclic) bond motifs is 2. The van der Waals surface area contributed by atoms with Gasteiger partial charge in [0.1, 0.15) is 5.75 Å². The second-order valence-corrected chi connectivity index (χ2v) is 4.45. The lowest BCUT2D eigenvalue weighted by molar-refractivity contribution is 0.410. The molecule has 1 fully saturated rings. The summed E-state index contributed by atoms with van der Waals surface area (Å²) in [5.41, 5.74) is 9.19. The zero-order valence-corrected chi connectivity index (χ0v) is 8.42. The van der Waals surface area contributed by atoms with Crippen molar-refractivity contribution in [1.82, 2.24) is 0 Å². The molecule has 0 bridgehead atoms. The predicted molar refractivity (Wildman–Crippen MR) is 55.6 cm³/mol. The molecule has 2 heteroatoms. The van der Waals surface area contributed by atoms with Crippen LogP contribution >= 0.6 is 0 Å². The van der Waals surface area contributed by atoms with E-state index in [1.165, 1.54) is 17.5 Å². The molecule has 0 radical (unpaired) electrons. The molecule has 2 unspecified atom stereocenters. The predicted octanol–water partition coefficient (Wildman–Crippen LogP) is 1.61. The Morgan fingerprint density at radius 2 is 2.29 bits per heavy atom. The second kappa shape index (κ2) is 2.51. The summed E-state index contributed by atoms with van der Waals surface area (Å²) in [7, 11) is 1.74. The summed E-state index contributed by atoms with van der Waals surface area (Å²) < 4.78 is 5.37.